The van der Waals surface area contributed by atoms with Crippen LogP contribution in [0.4, 0.5) is 5.82 Å². The lowest BCUT2D eigenvalue weighted by Gasteiger charge is -2.38. The number of nitrogens with zero attached hydrogens (tertiary/aromatic N) is 3. The van der Waals surface area contributed by atoms with Crippen LogP contribution < -0.4 is 10.2 Å². The van der Waals surface area contributed by atoms with Gasteiger partial charge < -0.3 is 10.2 Å². The second kappa shape index (κ2) is 8.03. The molecular weight excluding hydrogens is 360 g/mol. The van der Waals surface area contributed by atoms with Gasteiger partial charge in [0, 0.05) is 37.6 Å². The standard InChI is InChI=1S/C21H27ClN4O/c1-15(21(27)23-17-7-3-4-8-17)25-10-12-26(13-11-25)19-14-16-6-2-5-9-18(16)20(22)24-19/h2,5-6,9,14-15,17H,3-4,7-8,10-13H2,1H3,(H,23,27). The molecular formula is C21H27ClN4O. The van der Waals surface area contributed by atoms with Crippen molar-refractivity contribution in [1.29, 1.82) is 0 Å². The number of halogens is 1. The van der Waals surface area contributed by atoms with Gasteiger partial charge in [-0.3, -0.25) is 9.69 Å². The van der Waals surface area contributed by atoms with Crippen LogP contribution in [-0.4, -0.2) is 54.1 Å². The predicted octanol–water partition coefficient (Wildman–Crippen LogP) is 3.46. The molecule has 0 spiro atoms. The Kier molecular flexibility index (Phi) is 5.50. The second-order valence-electron chi connectivity index (χ2n) is 7.68. The van der Waals surface area contributed by atoms with Gasteiger partial charge >= 0.3 is 0 Å². The van der Waals surface area contributed by atoms with Gasteiger partial charge in [0.1, 0.15) is 11.0 Å². The summed E-state index contributed by atoms with van der Waals surface area (Å²) >= 11 is 6.38. The molecule has 1 aromatic carbocycles. The minimum Gasteiger partial charge on any atom is -0.354 e. The van der Waals surface area contributed by atoms with Gasteiger partial charge in [-0.1, -0.05) is 48.7 Å². The first-order valence-corrected chi connectivity index (χ1v) is 10.3. The number of anilines is 1. The Morgan fingerprint density at radius 3 is 2.63 bits per heavy atom. The minimum absolute atomic E-state index is 0.0825. The molecule has 1 unspecified atom stereocenters. The number of hydrogen-bond acceptors (Lipinski definition) is 4. The van der Waals surface area contributed by atoms with E-state index in [-0.39, 0.29) is 11.9 Å². The average Bonchev–Trinajstić information content (AvgIpc) is 3.20. The van der Waals surface area contributed by atoms with E-state index in [1.54, 1.807) is 0 Å². The number of benzene rings is 1. The van der Waals surface area contributed by atoms with Crippen LogP contribution in [-0.2, 0) is 4.79 Å². The van der Waals surface area contributed by atoms with Crippen molar-refractivity contribution < 1.29 is 4.79 Å². The van der Waals surface area contributed by atoms with E-state index in [0.29, 0.717) is 11.2 Å². The highest BCUT2D eigenvalue weighted by Gasteiger charge is 2.28. The number of carbonyl (C=O) groups is 1. The van der Waals surface area contributed by atoms with Crippen LogP contribution in [0.2, 0.25) is 5.15 Å². The van der Waals surface area contributed by atoms with Crippen LogP contribution in [0.1, 0.15) is 32.6 Å². The molecule has 1 aliphatic heterocycles. The largest absolute Gasteiger partial charge is 0.354 e. The topological polar surface area (TPSA) is 48.5 Å². The Morgan fingerprint density at radius 2 is 1.89 bits per heavy atom. The Morgan fingerprint density at radius 1 is 1.19 bits per heavy atom. The SMILES string of the molecule is CC(C(=O)NC1CCCC1)N1CCN(c2cc3ccccc3c(Cl)n2)CC1. The molecule has 2 heterocycles. The third kappa shape index (κ3) is 4.04. The van der Waals surface area contributed by atoms with E-state index in [0.717, 1.165) is 55.6 Å². The van der Waals surface area contributed by atoms with Crippen molar-refractivity contribution in [3.05, 3.63) is 35.5 Å². The van der Waals surface area contributed by atoms with E-state index in [1.807, 2.05) is 25.1 Å². The number of nitrogens with one attached hydrogen (secondary N) is 1. The average molecular weight is 387 g/mol. The summed E-state index contributed by atoms with van der Waals surface area (Å²) in [6, 6.07) is 10.5. The summed E-state index contributed by atoms with van der Waals surface area (Å²) in [4.78, 5) is 21.7. The van der Waals surface area contributed by atoms with E-state index < -0.39 is 0 Å². The third-order valence-electron chi connectivity index (χ3n) is 5.95. The number of amides is 1. The lowest BCUT2D eigenvalue weighted by atomic mass is 10.1. The second-order valence-corrected chi connectivity index (χ2v) is 8.04. The maximum absolute atomic E-state index is 12.5. The first-order chi connectivity index (χ1) is 13.1. The summed E-state index contributed by atoms with van der Waals surface area (Å²) in [5.74, 6) is 1.09. The first-order valence-electron chi connectivity index (χ1n) is 9.96. The fourth-order valence-electron chi connectivity index (χ4n) is 4.20. The van der Waals surface area contributed by atoms with Crippen LogP contribution in [0.5, 0.6) is 0 Å². The molecule has 1 amide bonds. The zero-order chi connectivity index (χ0) is 18.8. The van der Waals surface area contributed by atoms with Crippen molar-refractivity contribution in [3.8, 4) is 0 Å². The number of carbonyl (C=O) groups excluding carboxylic acids is 1. The maximum Gasteiger partial charge on any atom is 0.237 e. The van der Waals surface area contributed by atoms with Crippen LogP contribution in [0.3, 0.4) is 0 Å². The molecule has 144 valence electrons. The highest BCUT2D eigenvalue weighted by molar-refractivity contribution is 6.34. The first kappa shape index (κ1) is 18.5. The Labute approximate surface area is 165 Å². The lowest BCUT2D eigenvalue weighted by molar-refractivity contribution is -0.126. The van der Waals surface area contributed by atoms with Crippen LogP contribution in [0, 0.1) is 0 Å². The molecule has 0 bridgehead atoms. The van der Waals surface area contributed by atoms with E-state index in [1.165, 1.54) is 12.8 Å². The predicted molar refractivity (Wildman–Crippen MR) is 110 cm³/mol. The molecule has 1 N–H and O–H groups in total. The molecule has 2 aromatic rings. The summed E-state index contributed by atoms with van der Waals surface area (Å²) in [6.45, 7) is 5.42. The maximum atomic E-state index is 12.5. The van der Waals surface area contributed by atoms with E-state index in [9.17, 15) is 4.79 Å². The van der Waals surface area contributed by atoms with Crippen molar-refractivity contribution >= 4 is 34.1 Å². The molecule has 6 heteroatoms. The number of fused-ring (bicyclic) bond motifs is 1. The molecule has 1 atom stereocenters. The molecule has 27 heavy (non-hydrogen) atoms. The van der Waals surface area contributed by atoms with Gasteiger partial charge in [-0.15, -0.1) is 0 Å². The van der Waals surface area contributed by atoms with Crippen molar-refractivity contribution in [3.63, 3.8) is 0 Å². The number of pyridine rings is 1. The minimum atomic E-state index is -0.0825. The Balaban J connectivity index is 1.37. The molecule has 2 fully saturated rings. The summed E-state index contributed by atoms with van der Waals surface area (Å²) in [5.41, 5.74) is 0. The zero-order valence-electron chi connectivity index (χ0n) is 15.8. The summed E-state index contributed by atoms with van der Waals surface area (Å²) in [5, 5.41) is 5.87. The van der Waals surface area contributed by atoms with Gasteiger partial charge in [-0.2, -0.15) is 0 Å². The Hall–Kier alpha value is -1.85. The molecule has 2 aliphatic rings. The smallest absolute Gasteiger partial charge is 0.237 e. The van der Waals surface area contributed by atoms with Gasteiger partial charge in [0.2, 0.25) is 5.91 Å². The molecule has 5 nitrogen and oxygen atoms in total. The fourth-order valence-corrected chi connectivity index (χ4v) is 4.46. The van der Waals surface area contributed by atoms with Crippen molar-refractivity contribution in [2.75, 3.05) is 31.1 Å². The van der Waals surface area contributed by atoms with Gasteiger partial charge in [0.25, 0.3) is 0 Å². The fraction of sp³-hybridized carbons (Fsp3) is 0.524. The summed E-state index contributed by atoms with van der Waals surface area (Å²) < 4.78 is 0. The molecule has 1 saturated carbocycles. The van der Waals surface area contributed by atoms with E-state index in [2.05, 4.69) is 32.2 Å². The number of rotatable bonds is 4. The lowest BCUT2D eigenvalue weighted by Crippen LogP contribution is -2.55. The van der Waals surface area contributed by atoms with Gasteiger partial charge in [-0.05, 0) is 31.2 Å². The number of hydrogen-bond donors (Lipinski definition) is 1. The van der Waals surface area contributed by atoms with Gasteiger partial charge in [0.15, 0.2) is 0 Å². The molecule has 4 rings (SSSR count). The number of aromatic nitrogens is 1. The highest BCUT2D eigenvalue weighted by Crippen LogP contribution is 2.27. The highest BCUT2D eigenvalue weighted by atomic mass is 35.5. The van der Waals surface area contributed by atoms with Crippen molar-refractivity contribution in [1.82, 2.24) is 15.2 Å². The van der Waals surface area contributed by atoms with Crippen LogP contribution in [0.25, 0.3) is 10.8 Å². The normalized spacial score (nSPS) is 20.1. The van der Waals surface area contributed by atoms with Crippen LogP contribution >= 0.6 is 11.6 Å². The number of piperazine rings is 1. The molecule has 1 aliphatic carbocycles. The van der Waals surface area contributed by atoms with Gasteiger partial charge in [-0.25, -0.2) is 4.98 Å². The molecule has 0 radical (unpaired) electrons. The van der Waals surface area contributed by atoms with E-state index in [4.69, 9.17) is 11.6 Å². The van der Waals surface area contributed by atoms with Gasteiger partial charge in [0.05, 0.1) is 6.04 Å². The third-order valence-corrected chi connectivity index (χ3v) is 6.24. The summed E-state index contributed by atoms with van der Waals surface area (Å²) in [6.07, 6.45) is 4.72. The Bertz CT molecular complexity index is 813. The van der Waals surface area contributed by atoms with Crippen molar-refractivity contribution in [2.45, 2.75) is 44.7 Å². The van der Waals surface area contributed by atoms with Crippen molar-refractivity contribution in [2.24, 2.45) is 0 Å². The summed E-state index contributed by atoms with van der Waals surface area (Å²) in [7, 11) is 0. The van der Waals surface area contributed by atoms with E-state index >= 15 is 0 Å². The van der Waals surface area contributed by atoms with Crippen LogP contribution in [0.15, 0.2) is 30.3 Å². The zero-order valence-corrected chi connectivity index (χ0v) is 16.6. The molecule has 1 aromatic heterocycles. The quantitative estimate of drug-likeness (QED) is 0.817. The monoisotopic (exact) mass is 386 g/mol. The molecule has 1 saturated heterocycles.